The predicted molar refractivity (Wildman–Crippen MR) is 137 cm³/mol. The van der Waals surface area contributed by atoms with Gasteiger partial charge in [-0.25, -0.2) is 0 Å². The van der Waals surface area contributed by atoms with Gasteiger partial charge in [0.05, 0.1) is 24.3 Å². The standard InChI is InChI=1S/C28H36N2O5/c1-6-7-18-34-22-12-8-20(9-13-22)25-24(27(32)28(33)30(25)17-16-29(4)5)26(31)21-10-14-23(15-11-21)35-19(2)3/h8-15,19,25,31H,6-7,16-18H2,1-5H3/b26-24+. The third kappa shape index (κ3) is 6.42. The first-order chi connectivity index (χ1) is 16.7. The smallest absolute Gasteiger partial charge is 0.295 e. The van der Waals surface area contributed by atoms with E-state index in [9.17, 15) is 14.7 Å². The van der Waals surface area contributed by atoms with Crippen LogP contribution in [-0.4, -0.2) is 66.5 Å². The number of aliphatic hydroxyl groups excluding tert-OH is 1. The molecule has 1 N–H and O–H groups in total. The molecule has 0 spiro atoms. The van der Waals surface area contributed by atoms with Crippen LogP contribution in [0.2, 0.25) is 0 Å². The molecule has 1 unspecified atom stereocenters. The lowest BCUT2D eigenvalue weighted by Crippen LogP contribution is -2.35. The molecule has 1 saturated heterocycles. The average Bonchev–Trinajstić information content (AvgIpc) is 3.08. The van der Waals surface area contributed by atoms with E-state index in [1.165, 1.54) is 4.90 Å². The summed E-state index contributed by atoms with van der Waals surface area (Å²) >= 11 is 0. The lowest BCUT2D eigenvalue weighted by atomic mass is 9.95. The molecule has 1 aliphatic rings. The first kappa shape index (κ1) is 26.3. The van der Waals surface area contributed by atoms with Crippen LogP contribution >= 0.6 is 0 Å². The van der Waals surface area contributed by atoms with Gasteiger partial charge >= 0.3 is 0 Å². The second kappa shape index (κ2) is 11.9. The molecule has 7 nitrogen and oxygen atoms in total. The van der Waals surface area contributed by atoms with Gasteiger partial charge in [-0.15, -0.1) is 0 Å². The van der Waals surface area contributed by atoms with Gasteiger partial charge in [-0.2, -0.15) is 0 Å². The number of aliphatic hydroxyl groups is 1. The molecule has 7 heteroatoms. The third-order valence-electron chi connectivity index (χ3n) is 5.79. The molecule has 1 amide bonds. The molecule has 188 valence electrons. The summed E-state index contributed by atoms with van der Waals surface area (Å²) in [6.45, 7) is 7.55. The molecule has 3 rings (SSSR count). The number of likely N-dealkylation sites (N-methyl/N-ethyl adjacent to an activating group) is 1. The highest BCUT2D eigenvalue weighted by Crippen LogP contribution is 2.39. The summed E-state index contributed by atoms with van der Waals surface area (Å²) in [7, 11) is 3.82. The van der Waals surface area contributed by atoms with Crippen LogP contribution in [0.15, 0.2) is 54.1 Å². The zero-order chi connectivity index (χ0) is 25.5. The lowest BCUT2D eigenvalue weighted by molar-refractivity contribution is -0.140. The summed E-state index contributed by atoms with van der Waals surface area (Å²) < 4.78 is 11.4. The Balaban J connectivity index is 2.00. The van der Waals surface area contributed by atoms with Crippen molar-refractivity contribution in [3.8, 4) is 11.5 Å². The molecular formula is C28H36N2O5. The van der Waals surface area contributed by atoms with E-state index in [-0.39, 0.29) is 17.4 Å². The number of unbranched alkanes of at least 4 members (excludes halogenated alkanes) is 1. The second-order valence-corrected chi connectivity index (χ2v) is 9.26. The van der Waals surface area contributed by atoms with E-state index in [1.807, 2.05) is 57.1 Å². The van der Waals surface area contributed by atoms with Crippen molar-refractivity contribution in [1.29, 1.82) is 0 Å². The van der Waals surface area contributed by atoms with Crippen LogP contribution in [0.25, 0.3) is 5.76 Å². The van der Waals surface area contributed by atoms with Gasteiger partial charge in [0, 0.05) is 18.7 Å². The molecule has 1 aliphatic heterocycles. The summed E-state index contributed by atoms with van der Waals surface area (Å²) in [4.78, 5) is 29.7. The van der Waals surface area contributed by atoms with E-state index in [2.05, 4.69) is 6.92 Å². The molecule has 0 aliphatic carbocycles. The van der Waals surface area contributed by atoms with Gasteiger partial charge in [0.1, 0.15) is 17.3 Å². The fourth-order valence-electron chi connectivity index (χ4n) is 3.96. The molecule has 1 fully saturated rings. The summed E-state index contributed by atoms with van der Waals surface area (Å²) in [6.07, 6.45) is 2.03. The third-order valence-corrected chi connectivity index (χ3v) is 5.79. The fourth-order valence-corrected chi connectivity index (χ4v) is 3.96. The Kier molecular flexibility index (Phi) is 8.93. The Hall–Kier alpha value is -3.32. The van der Waals surface area contributed by atoms with Crippen LogP contribution in [0.4, 0.5) is 0 Å². The average molecular weight is 481 g/mol. The number of benzene rings is 2. The highest BCUT2D eigenvalue weighted by atomic mass is 16.5. The van der Waals surface area contributed by atoms with E-state index in [1.54, 1.807) is 24.3 Å². The van der Waals surface area contributed by atoms with Crippen molar-refractivity contribution < 1.29 is 24.2 Å². The molecule has 2 aromatic carbocycles. The molecule has 1 heterocycles. The Labute approximate surface area is 207 Å². The maximum absolute atomic E-state index is 13.1. The van der Waals surface area contributed by atoms with Crippen molar-refractivity contribution in [3.63, 3.8) is 0 Å². The normalized spacial score (nSPS) is 17.5. The minimum absolute atomic E-state index is 0.0189. The fraction of sp³-hybridized carbons (Fsp3) is 0.429. The van der Waals surface area contributed by atoms with Crippen molar-refractivity contribution in [2.45, 2.75) is 45.8 Å². The second-order valence-electron chi connectivity index (χ2n) is 9.26. The maximum atomic E-state index is 13.1. The highest BCUT2D eigenvalue weighted by molar-refractivity contribution is 6.46. The largest absolute Gasteiger partial charge is 0.507 e. The van der Waals surface area contributed by atoms with Gasteiger partial charge in [-0.05, 0) is 76.3 Å². The van der Waals surface area contributed by atoms with Crippen molar-refractivity contribution in [2.24, 2.45) is 0 Å². The van der Waals surface area contributed by atoms with Crippen LogP contribution < -0.4 is 9.47 Å². The van der Waals surface area contributed by atoms with E-state index in [4.69, 9.17) is 9.47 Å². The molecule has 0 radical (unpaired) electrons. The summed E-state index contributed by atoms with van der Waals surface area (Å²) in [6, 6.07) is 13.6. The minimum atomic E-state index is -0.689. The number of ether oxygens (including phenoxy) is 2. The van der Waals surface area contributed by atoms with Crippen molar-refractivity contribution in [1.82, 2.24) is 9.80 Å². The van der Waals surface area contributed by atoms with E-state index >= 15 is 0 Å². The quantitative estimate of drug-likeness (QED) is 0.219. The lowest BCUT2D eigenvalue weighted by Gasteiger charge is -2.26. The van der Waals surface area contributed by atoms with Crippen molar-refractivity contribution in [3.05, 3.63) is 65.2 Å². The molecule has 0 aromatic heterocycles. The van der Waals surface area contributed by atoms with Crippen LogP contribution in [0.1, 0.15) is 50.8 Å². The summed E-state index contributed by atoms with van der Waals surface area (Å²) in [5, 5.41) is 11.2. The molecule has 0 bridgehead atoms. The topological polar surface area (TPSA) is 79.3 Å². The molecule has 2 aromatic rings. The van der Waals surface area contributed by atoms with Crippen LogP contribution in [0.3, 0.4) is 0 Å². The number of amides is 1. The number of Topliss-reactive ketones (excluding diaryl/α,β-unsaturated/α-hetero) is 1. The SMILES string of the molecule is CCCCOc1ccc(C2/C(=C(\O)c3ccc(OC(C)C)cc3)C(=O)C(=O)N2CCN(C)C)cc1. The Morgan fingerprint density at radius 1 is 1.03 bits per heavy atom. The zero-order valence-electron chi connectivity index (χ0n) is 21.3. The van der Waals surface area contributed by atoms with Crippen LogP contribution in [-0.2, 0) is 9.59 Å². The van der Waals surface area contributed by atoms with Crippen molar-refractivity contribution >= 4 is 17.4 Å². The minimum Gasteiger partial charge on any atom is -0.507 e. The van der Waals surface area contributed by atoms with Gasteiger partial charge in [0.25, 0.3) is 11.7 Å². The van der Waals surface area contributed by atoms with Gasteiger partial charge in [0.2, 0.25) is 0 Å². The Morgan fingerprint density at radius 2 is 1.66 bits per heavy atom. The molecule has 0 saturated carbocycles. The molecular weight excluding hydrogens is 444 g/mol. The number of carbonyl (C=O) groups is 2. The Bertz CT molecular complexity index is 1040. The van der Waals surface area contributed by atoms with Gasteiger partial charge in [0.15, 0.2) is 0 Å². The molecule has 35 heavy (non-hydrogen) atoms. The first-order valence-corrected chi connectivity index (χ1v) is 12.2. The maximum Gasteiger partial charge on any atom is 0.295 e. The monoisotopic (exact) mass is 480 g/mol. The number of rotatable bonds is 11. The van der Waals surface area contributed by atoms with Crippen molar-refractivity contribution in [2.75, 3.05) is 33.8 Å². The van der Waals surface area contributed by atoms with E-state index < -0.39 is 17.7 Å². The number of likely N-dealkylation sites (tertiary alicyclic amines) is 1. The number of carbonyl (C=O) groups excluding carboxylic acids is 2. The van der Waals surface area contributed by atoms with E-state index in [0.717, 1.165) is 24.2 Å². The summed E-state index contributed by atoms with van der Waals surface area (Å²) in [5.41, 5.74) is 1.29. The van der Waals surface area contributed by atoms with Crippen LogP contribution in [0, 0.1) is 0 Å². The first-order valence-electron chi connectivity index (χ1n) is 12.2. The predicted octanol–water partition coefficient (Wildman–Crippen LogP) is 4.64. The van der Waals surface area contributed by atoms with Gasteiger partial charge < -0.3 is 24.4 Å². The number of nitrogens with zero attached hydrogens (tertiary/aromatic N) is 2. The van der Waals surface area contributed by atoms with Gasteiger partial charge in [-0.3, -0.25) is 9.59 Å². The van der Waals surface area contributed by atoms with Crippen LogP contribution in [0.5, 0.6) is 11.5 Å². The number of hydrogen-bond donors (Lipinski definition) is 1. The number of hydrogen-bond acceptors (Lipinski definition) is 6. The number of ketones is 1. The molecule has 1 atom stereocenters. The zero-order valence-corrected chi connectivity index (χ0v) is 21.3. The van der Waals surface area contributed by atoms with Gasteiger partial charge in [-0.1, -0.05) is 25.5 Å². The Morgan fingerprint density at radius 3 is 2.23 bits per heavy atom. The van der Waals surface area contributed by atoms with E-state index in [0.29, 0.717) is 31.0 Å². The summed E-state index contributed by atoms with van der Waals surface area (Å²) in [5.74, 6) is -0.0927. The highest BCUT2D eigenvalue weighted by Gasteiger charge is 2.45.